The fraction of sp³-hybridized carbons (Fsp3) is 0.471. The number of aromatic nitrogens is 2. The third-order valence-corrected chi connectivity index (χ3v) is 3.51. The Hall–Kier alpha value is -1.77. The van der Waals surface area contributed by atoms with Crippen LogP contribution in [0.5, 0.6) is 0 Å². The highest BCUT2D eigenvalue weighted by Crippen LogP contribution is 2.22. The lowest BCUT2D eigenvalue weighted by Crippen LogP contribution is -2.07. The van der Waals surface area contributed by atoms with E-state index in [4.69, 9.17) is 0 Å². The zero-order valence-corrected chi connectivity index (χ0v) is 13.1. The molecule has 2 aromatic rings. The highest BCUT2D eigenvalue weighted by molar-refractivity contribution is 5.47. The summed E-state index contributed by atoms with van der Waals surface area (Å²) in [5, 5.41) is 7.88. The van der Waals surface area contributed by atoms with E-state index in [1.54, 1.807) is 0 Å². The van der Waals surface area contributed by atoms with Gasteiger partial charge in [0.05, 0.1) is 11.4 Å². The van der Waals surface area contributed by atoms with Gasteiger partial charge in [0.25, 0.3) is 0 Å². The predicted octanol–water partition coefficient (Wildman–Crippen LogP) is 4.10. The zero-order valence-electron chi connectivity index (χ0n) is 13.1. The van der Waals surface area contributed by atoms with Crippen LogP contribution in [0.1, 0.15) is 43.6 Å². The van der Waals surface area contributed by atoms with E-state index >= 15 is 0 Å². The van der Waals surface area contributed by atoms with E-state index in [2.05, 4.69) is 55.5 Å². The first-order chi connectivity index (χ1) is 9.45. The summed E-state index contributed by atoms with van der Waals surface area (Å²) in [5.74, 6) is 0.703. The molecule has 0 saturated heterocycles. The molecule has 3 nitrogen and oxygen atoms in total. The normalized spacial score (nSPS) is 12.7. The summed E-state index contributed by atoms with van der Waals surface area (Å²) in [7, 11) is 1.95. The Morgan fingerprint density at radius 2 is 1.80 bits per heavy atom. The second-order valence-electron chi connectivity index (χ2n) is 6.01. The summed E-state index contributed by atoms with van der Waals surface area (Å²) in [5.41, 5.74) is 4.86. The Balaban J connectivity index is 2.05. The first-order valence-electron chi connectivity index (χ1n) is 7.31. The van der Waals surface area contributed by atoms with Crippen LogP contribution in [-0.2, 0) is 13.5 Å². The number of anilines is 1. The van der Waals surface area contributed by atoms with Crippen molar-refractivity contribution >= 4 is 5.69 Å². The summed E-state index contributed by atoms with van der Waals surface area (Å²) >= 11 is 0. The van der Waals surface area contributed by atoms with Gasteiger partial charge in [-0.3, -0.25) is 4.68 Å². The third kappa shape index (κ3) is 3.62. The molecular weight excluding hydrogens is 246 g/mol. The molecular formula is C17H25N3. The number of aryl methyl sites for hydroxylation is 2. The molecule has 1 heterocycles. The fourth-order valence-corrected chi connectivity index (χ4v) is 2.47. The second kappa shape index (κ2) is 6.12. The lowest BCUT2D eigenvalue weighted by molar-refractivity contribution is 0.647. The van der Waals surface area contributed by atoms with Crippen molar-refractivity contribution in [3.8, 4) is 0 Å². The second-order valence-corrected chi connectivity index (χ2v) is 6.01. The number of nitrogens with one attached hydrogen (secondary N) is 1. The van der Waals surface area contributed by atoms with Gasteiger partial charge in [0.2, 0.25) is 0 Å². The monoisotopic (exact) mass is 271 g/mol. The smallest absolute Gasteiger partial charge is 0.0825 e. The molecule has 0 radical (unpaired) electrons. The molecule has 1 aromatic carbocycles. The number of hydrogen-bond acceptors (Lipinski definition) is 2. The van der Waals surface area contributed by atoms with Crippen molar-refractivity contribution in [3.63, 3.8) is 0 Å². The van der Waals surface area contributed by atoms with Gasteiger partial charge in [-0.25, -0.2) is 0 Å². The van der Waals surface area contributed by atoms with Crippen molar-refractivity contribution in [2.75, 3.05) is 5.32 Å². The van der Waals surface area contributed by atoms with E-state index in [-0.39, 0.29) is 6.04 Å². The average Bonchev–Trinajstić information content (AvgIpc) is 2.68. The van der Waals surface area contributed by atoms with Crippen molar-refractivity contribution in [2.45, 2.75) is 40.2 Å². The largest absolute Gasteiger partial charge is 0.376 e. The lowest BCUT2D eigenvalue weighted by atomic mass is 10.00. The predicted molar refractivity (Wildman–Crippen MR) is 85.0 cm³/mol. The lowest BCUT2D eigenvalue weighted by Gasteiger charge is -2.15. The van der Waals surface area contributed by atoms with Crippen LogP contribution in [0.3, 0.4) is 0 Å². The van der Waals surface area contributed by atoms with E-state index in [1.807, 2.05) is 24.9 Å². The number of nitrogens with zero attached hydrogens (tertiary/aromatic N) is 2. The summed E-state index contributed by atoms with van der Waals surface area (Å²) in [4.78, 5) is 0. The Labute approximate surface area is 122 Å². The van der Waals surface area contributed by atoms with Gasteiger partial charge in [-0.15, -0.1) is 0 Å². The molecule has 1 unspecified atom stereocenters. The Morgan fingerprint density at radius 3 is 2.30 bits per heavy atom. The van der Waals surface area contributed by atoms with Gasteiger partial charge in [0.15, 0.2) is 0 Å². The molecule has 0 aliphatic carbocycles. The average molecular weight is 271 g/mol. The first kappa shape index (κ1) is 14.6. The molecule has 1 N–H and O–H groups in total. The minimum absolute atomic E-state index is 0.283. The van der Waals surface area contributed by atoms with E-state index < -0.39 is 0 Å². The van der Waals surface area contributed by atoms with Crippen molar-refractivity contribution in [1.82, 2.24) is 9.78 Å². The molecule has 20 heavy (non-hydrogen) atoms. The van der Waals surface area contributed by atoms with Gasteiger partial charge in [-0.05, 0) is 37.3 Å². The van der Waals surface area contributed by atoms with E-state index in [1.165, 1.54) is 11.1 Å². The molecule has 0 bridgehead atoms. The first-order valence-corrected chi connectivity index (χ1v) is 7.31. The highest BCUT2D eigenvalue weighted by atomic mass is 15.3. The van der Waals surface area contributed by atoms with Crippen LogP contribution in [-0.4, -0.2) is 9.78 Å². The SMILES string of the molecule is Cc1nn(C)cc1NC(C)c1ccc(CC(C)C)cc1. The molecule has 0 aliphatic heterocycles. The molecule has 0 fully saturated rings. The Bertz CT molecular complexity index is 552. The summed E-state index contributed by atoms with van der Waals surface area (Å²) in [6, 6.07) is 9.21. The topological polar surface area (TPSA) is 29.9 Å². The summed E-state index contributed by atoms with van der Waals surface area (Å²) in [6.07, 6.45) is 3.17. The highest BCUT2D eigenvalue weighted by Gasteiger charge is 2.09. The van der Waals surface area contributed by atoms with Gasteiger partial charge < -0.3 is 5.32 Å². The molecule has 108 valence electrons. The molecule has 1 aromatic heterocycles. The quantitative estimate of drug-likeness (QED) is 0.887. The fourth-order valence-electron chi connectivity index (χ4n) is 2.47. The van der Waals surface area contributed by atoms with Crippen LogP contribution < -0.4 is 5.32 Å². The van der Waals surface area contributed by atoms with Crippen LogP contribution in [0.4, 0.5) is 5.69 Å². The molecule has 0 amide bonds. The molecule has 3 heteroatoms. The number of hydrogen-bond donors (Lipinski definition) is 1. The molecule has 0 spiro atoms. The van der Waals surface area contributed by atoms with Gasteiger partial charge >= 0.3 is 0 Å². The summed E-state index contributed by atoms with van der Waals surface area (Å²) < 4.78 is 1.84. The van der Waals surface area contributed by atoms with E-state index in [0.29, 0.717) is 5.92 Å². The van der Waals surface area contributed by atoms with Crippen LogP contribution in [0.25, 0.3) is 0 Å². The minimum Gasteiger partial charge on any atom is -0.376 e. The van der Waals surface area contributed by atoms with Crippen molar-refractivity contribution in [2.24, 2.45) is 13.0 Å². The molecule has 1 atom stereocenters. The maximum Gasteiger partial charge on any atom is 0.0825 e. The van der Waals surface area contributed by atoms with Crippen LogP contribution in [0.15, 0.2) is 30.5 Å². The van der Waals surface area contributed by atoms with Gasteiger partial charge in [0.1, 0.15) is 0 Å². The molecule has 0 saturated carbocycles. The number of benzene rings is 1. The van der Waals surface area contributed by atoms with E-state index in [0.717, 1.165) is 17.8 Å². The maximum absolute atomic E-state index is 4.36. The summed E-state index contributed by atoms with van der Waals surface area (Å²) in [6.45, 7) is 8.72. The van der Waals surface area contributed by atoms with Crippen LogP contribution in [0, 0.1) is 12.8 Å². The standard InChI is InChI=1S/C17H25N3/c1-12(2)10-15-6-8-16(9-7-15)13(3)18-17-11-20(5)19-14(17)4/h6-9,11-13,18H,10H2,1-5H3. The van der Waals surface area contributed by atoms with E-state index in [9.17, 15) is 0 Å². The molecule has 2 rings (SSSR count). The van der Waals surface area contributed by atoms with Crippen molar-refractivity contribution in [1.29, 1.82) is 0 Å². The number of rotatable bonds is 5. The van der Waals surface area contributed by atoms with Gasteiger partial charge in [-0.2, -0.15) is 5.10 Å². The Morgan fingerprint density at radius 1 is 1.15 bits per heavy atom. The van der Waals surface area contributed by atoms with Gasteiger partial charge in [0, 0.05) is 19.3 Å². The van der Waals surface area contributed by atoms with Crippen molar-refractivity contribution in [3.05, 3.63) is 47.3 Å². The van der Waals surface area contributed by atoms with Crippen molar-refractivity contribution < 1.29 is 0 Å². The third-order valence-electron chi connectivity index (χ3n) is 3.51. The Kier molecular flexibility index (Phi) is 4.48. The van der Waals surface area contributed by atoms with Crippen LogP contribution >= 0.6 is 0 Å². The minimum atomic E-state index is 0.283. The maximum atomic E-state index is 4.36. The zero-order chi connectivity index (χ0) is 14.7. The van der Waals surface area contributed by atoms with Gasteiger partial charge in [-0.1, -0.05) is 38.1 Å². The van der Waals surface area contributed by atoms with Crippen LogP contribution in [0.2, 0.25) is 0 Å². The molecule has 0 aliphatic rings.